The number of hydrogen-bond acceptors (Lipinski definition) is 2. The molecule has 0 aliphatic rings. The third-order valence-electron chi connectivity index (χ3n) is 1.51. The lowest BCUT2D eigenvalue weighted by Crippen LogP contribution is -1.99. The first kappa shape index (κ1) is 6.15. The van der Waals surface area contributed by atoms with Gasteiger partial charge in [0.15, 0.2) is 5.65 Å². The number of pyridine rings is 1. The first-order valence-corrected chi connectivity index (χ1v) is 3.31. The third-order valence-corrected chi connectivity index (χ3v) is 1.51. The molecule has 0 aromatic carbocycles. The van der Waals surface area contributed by atoms with E-state index in [0.717, 1.165) is 11.2 Å². The summed E-state index contributed by atoms with van der Waals surface area (Å²) in [6.07, 6.45) is 0. The lowest BCUT2D eigenvalue weighted by Gasteiger charge is -1.88. The van der Waals surface area contributed by atoms with E-state index in [9.17, 15) is 4.79 Å². The second kappa shape index (κ2) is 1.95. The first-order chi connectivity index (χ1) is 5.25. The van der Waals surface area contributed by atoms with Crippen molar-refractivity contribution < 1.29 is 0 Å². The molecule has 0 spiro atoms. The average Bonchev–Trinajstić information content (AvgIpc) is 2.27. The minimum Gasteiger partial charge on any atom is -0.304 e. The standard InChI is InChI=1S/C7H7N3O/c1-4-2-3-5-6(8-4)10-7(11)9-5/h2-3H,1H3,(H2,8,9,10,11). The highest BCUT2D eigenvalue weighted by molar-refractivity contribution is 5.69. The molecule has 0 amide bonds. The fraction of sp³-hybridized carbons (Fsp3) is 0.143. The van der Waals surface area contributed by atoms with Crippen molar-refractivity contribution in [2.45, 2.75) is 6.92 Å². The monoisotopic (exact) mass is 149 g/mol. The van der Waals surface area contributed by atoms with Crippen LogP contribution < -0.4 is 5.69 Å². The molecule has 0 aliphatic heterocycles. The van der Waals surface area contributed by atoms with Crippen molar-refractivity contribution in [3.05, 3.63) is 28.3 Å². The molecule has 2 aromatic heterocycles. The van der Waals surface area contributed by atoms with Crippen molar-refractivity contribution in [1.29, 1.82) is 0 Å². The molecule has 2 N–H and O–H groups in total. The number of rotatable bonds is 0. The summed E-state index contributed by atoms with van der Waals surface area (Å²) in [4.78, 5) is 20.0. The number of nitrogens with one attached hydrogen (secondary N) is 2. The van der Waals surface area contributed by atoms with Crippen LogP contribution in [0.15, 0.2) is 16.9 Å². The Bertz CT molecular complexity index is 440. The summed E-state index contributed by atoms with van der Waals surface area (Å²) in [6.45, 7) is 1.88. The van der Waals surface area contributed by atoms with Crippen LogP contribution in [0.5, 0.6) is 0 Å². The van der Waals surface area contributed by atoms with Crippen LogP contribution in [0.25, 0.3) is 11.2 Å². The van der Waals surface area contributed by atoms with Crippen molar-refractivity contribution in [3.63, 3.8) is 0 Å². The van der Waals surface area contributed by atoms with E-state index < -0.39 is 0 Å². The van der Waals surface area contributed by atoms with Crippen LogP contribution in [0.4, 0.5) is 0 Å². The number of aromatic nitrogens is 3. The SMILES string of the molecule is Cc1ccc2[nH]c(=O)[nH]c2n1. The highest BCUT2D eigenvalue weighted by Gasteiger charge is 1.96. The smallest absolute Gasteiger partial charge is 0.304 e. The number of nitrogens with zero attached hydrogens (tertiary/aromatic N) is 1. The Kier molecular flexibility index (Phi) is 1.09. The molecule has 0 aliphatic carbocycles. The number of imidazole rings is 1. The van der Waals surface area contributed by atoms with E-state index in [2.05, 4.69) is 15.0 Å². The van der Waals surface area contributed by atoms with Gasteiger partial charge in [0.1, 0.15) is 0 Å². The van der Waals surface area contributed by atoms with Crippen LogP contribution in [0.1, 0.15) is 5.69 Å². The van der Waals surface area contributed by atoms with Gasteiger partial charge in [-0.2, -0.15) is 0 Å². The molecule has 11 heavy (non-hydrogen) atoms. The van der Waals surface area contributed by atoms with Gasteiger partial charge in [0.05, 0.1) is 5.52 Å². The second-order valence-electron chi connectivity index (χ2n) is 2.43. The minimum atomic E-state index is -0.210. The Hall–Kier alpha value is -1.58. The van der Waals surface area contributed by atoms with Gasteiger partial charge in [-0.3, -0.25) is 4.98 Å². The van der Waals surface area contributed by atoms with Gasteiger partial charge in [-0.25, -0.2) is 9.78 Å². The molecule has 4 nitrogen and oxygen atoms in total. The molecule has 0 fully saturated rings. The van der Waals surface area contributed by atoms with E-state index >= 15 is 0 Å². The van der Waals surface area contributed by atoms with Crippen LogP contribution in [0, 0.1) is 6.92 Å². The van der Waals surface area contributed by atoms with E-state index in [4.69, 9.17) is 0 Å². The maximum Gasteiger partial charge on any atom is 0.325 e. The predicted molar refractivity (Wildman–Crippen MR) is 41.5 cm³/mol. The summed E-state index contributed by atoms with van der Waals surface area (Å²) >= 11 is 0. The Morgan fingerprint density at radius 3 is 3.00 bits per heavy atom. The number of fused-ring (bicyclic) bond motifs is 1. The van der Waals surface area contributed by atoms with Crippen LogP contribution in [-0.2, 0) is 0 Å². The molecule has 4 heteroatoms. The molecule has 2 aromatic rings. The van der Waals surface area contributed by atoms with E-state index in [-0.39, 0.29) is 5.69 Å². The molecule has 0 saturated heterocycles. The molecule has 0 radical (unpaired) electrons. The lowest BCUT2D eigenvalue weighted by molar-refractivity contribution is 1.18. The van der Waals surface area contributed by atoms with Crippen molar-refractivity contribution in [2.24, 2.45) is 0 Å². The quantitative estimate of drug-likeness (QED) is 0.574. The molecule has 56 valence electrons. The highest BCUT2D eigenvalue weighted by atomic mass is 16.1. The molecule has 0 unspecified atom stereocenters. The van der Waals surface area contributed by atoms with E-state index in [1.54, 1.807) is 0 Å². The largest absolute Gasteiger partial charge is 0.325 e. The highest BCUT2D eigenvalue weighted by Crippen LogP contribution is 2.03. The Balaban J connectivity index is 2.92. The summed E-state index contributed by atoms with van der Waals surface area (Å²) in [6, 6.07) is 3.68. The van der Waals surface area contributed by atoms with Crippen LogP contribution >= 0.6 is 0 Å². The average molecular weight is 149 g/mol. The van der Waals surface area contributed by atoms with Crippen molar-refractivity contribution in [1.82, 2.24) is 15.0 Å². The minimum absolute atomic E-state index is 0.210. The van der Waals surface area contributed by atoms with Crippen molar-refractivity contribution in [2.75, 3.05) is 0 Å². The fourth-order valence-electron chi connectivity index (χ4n) is 1.01. The van der Waals surface area contributed by atoms with Crippen LogP contribution in [0.3, 0.4) is 0 Å². The normalized spacial score (nSPS) is 10.6. The zero-order chi connectivity index (χ0) is 7.84. The van der Waals surface area contributed by atoms with Crippen LogP contribution in [0.2, 0.25) is 0 Å². The second-order valence-corrected chi connectivity index (χ2v) is 2.43. The van der Waals surface area contributed by atoms with Gasteiger partial charge < -0.3 is 4.98 Å². The summed E-state index contributed by atoms with van der Waals surface area (Å²) < 4.78 is 0. The van der Waals surface area contributed by atoms with Gasteiger partial charge in [0.2, 0.25) is 0 Å². The molecule has 0 saturated carbocycles. The van der Waals surface area contributed by atoms with Gasteiger partial charge in [-0.1, -0.05) is 0 Å². The lowest BCUT2D eigenvalue weighted by atomic mass is 10.4. The molecular formula is C7H7N3O. The fourth-order valence-corrected chi connectivity index (χ4v) is 1.01. The number of H-pyrrole nitrogens is 2. The molecule has 2 rings (SSSR count). The number of hydrogen-bond donors (Lipinski definition) is 2. The first-order valence-electron chi connectivity index (χ1n) is 3.31. The summed E-state index contributed by atoms with van der Waals surface area (Å²) in [5.41, 5.74) is 2.06. The zero-order valence-electron chi connectivity index (χ0n) is 6.01. The molecular weight excluding hydrogens is 142 g/mol. The molecule has 0 atom stereocenters. The topological polar surface area (TPSA) is 61.5 Å². The maximum atomic E-state index is 10.7. The van der Waals surface area contributed by atoms with E-state index in [0.29, 0.717) is 5.65 Å². The Labute approximate surface area is 62.3 Å². The van der Waals surface area contributed by atoms with Gasteiger partial charge in [-0.05, 0) is 19.1 Å². The van der Waals surface area contributed by atoms with Gasteiger partial charge in [0, 0.05) is 5.69 Å². The Morgan fingerprint density at radius 2 is 2.18 bits per heavy atom. The van der Waals surface area contributed by atoms with Gasteiger partial charge >= 0.3 is 5.69 Å². The molecule has 2 heterocycles. The van der Waals surface area contributed by atoms with Crippen molar-refractivity contribution in [3.8, 4) is 0 Å². The zero-order valence-corrected chi connectivity index (χ0v) is 6.01. The third kappa shape index (κ3) is 0.920. The predicted octanol–water partition coefficient (Wildman–Crippen LogP) is 0.560. The van der Waals surface area contributed by atoms with E-state index in [1.807, 2.05) is 19.1 Å². The van der Waals surface area contributed by atoms with Crippen LogP contribution in [-0.4, -0.2) is 15.0 Å². The molecule has 0 bridgehead atoms. The van der Waals surface area contributed by atoms with Crippen molar-refractivity contribution >= 4 is 11.2 Å². The van der Waals surface area contributed by atoms with Gasteiger partial charge in [0.25, 0.3) is 0 Å². The maximum absolute atomic E-state index is 10.7. The summed E-state index contributed by atoms with van der Waals surface area (Å²) in [5, 5.41) is 0. The summed E-state index contributed by atoms with van der Waals surface area (Å²) in [5.74, 6) is 0. The Morgan fingerprint density at radius 1 is 1.36 bits per heavy atom. The number of aryl methyl sites for hydroxylation is 1. The van der Waals surface area contributed by atoms with Gasteiger partial charge in [-0.15, -0.1) is 0 Å². The number of aromatic amines is 2. The summed E-state index contributed by atoms with van der Waals surface area (Å²) in [7, 11) is 0. The van der Waals surface area contributed by atoms with E-state index in [1.165, 1.54) is 0 Å².